The summed E-state index contributed by atoms with van der Waals surface area (Å²) in [5.74, 6) is -0.346. The van der Waals surface area contributed by atoms with E-state index >= 15 is 0 Å². The van der Waals surface area contributed by atoms with Crippen LogP contribution in [0.4, 0.5) is 0 Å². The van der Waals surface area contributed by atoms with Crippen molar-refractivity contribution in [2.75, 3.05) is 6.61 Å². The Morgan fingerprint density at radius 3 is 2.43 bits per heavy atom. The monoisotopic (exact) mass is 338 g/mol. The smallest absolute Gasteiger partial charge is 0.192 e. The third kappa shape index (κ3) is 2.57. The lowest BCUT2D eigenvalue weighted by Gasteiger charge is -2.47. The fourth-order valence-electron chi connectivity index (χ4n) is 3.51. The van der Waals surface area contributed by atoms with Gasteiger partial charge in [0, 0.05) is 5.92 Å². The highest BCUT2D eigenvalue weighted by molar-refractivity contribution is 6.74. The number of ketones is 1. The van der Waals surface area contributed by atoms with Crippen molar-refractivity contribution in [2.45, 2.75) is 70.9 Å². The lowest BCUT2D eigenvalue weighted by molar-refractivity contribution is -0.152. The summed E-state index contributed by atoms with van der Waals surface area (Å²) in [6, 6.07) is 0. The molecule has 0 spiro atoms. The fraction of sp³-hybridized carbons (Fsp3) is 0.778. The van der Waals surface area contributed by atoms with E-state index in [9.17, 15) is 9.59 Å². The quantitative estimate of drug-likeness (QED) is 0.341. The molecule has 1 aliphatic heterocycles. The number of hydrogen-bond acceptors (Lipinski definition) is 4. The van der Waals surface area contributed by atoms with Crippen LogP contribution in [0, 0.1) is 11.3 Å². The van der Waals surface area contributed by atoms with Crippen LogP contribution in [0.15, 0.2) is 12.2 Å². The molecule has 0 aromatic heterocycles. The van der Waals surface area contributed by atoms with E-state index in [1.54, 1.807) is 6.92 Å². The van der Waals surface area contributed by atoms with E-state index < -0.39 is 19.3 Å². The molecule has 1 saturated heterocycles. The summed E-state index contributed by atoms with van der Waals surface area (Å²) in [6.45, 7) is 18.7. The Labute approximate surface area is 140 Å². The van der Waals surface area contributed by atoms with Gasteiger partial charge in [0.25, 0.3) is 0 Å². The zero-order chi connectivity index (χ0) is 17.8. The molecule has 0 amide bonds. The van der Waals surface area contributed by atoms with E-state index in [2.05, 4.69) is 40.4 Å². The minimum Gasteiger partial charge on any atom is -0.411 e. The second kappa shape index (κ2) is 5.36. The molecule has 2 aliphatic rings. The van der Waals surface area contributed by atoms with Gasteiger partial charge in [-0.05, 0) is 38.4 Å². The van der Waals surface area contributed by atoms with E-state index in [1.807, 2.05) is 6.92 Å². The lowest BCUT2D eigenvalue weighted by atomic mass is 9.61. The first-order chi connectivity index (χ1) is 10.3. The molecule has 5 heteroatoms. The molecular weight excluding hydrogens is 308 g/mol. The summed E-state index contributed by atoms with van der Waals surface area (Å²) in [7, 11) is -2.06. The Bertz CT molecular complexity index is 548. The van der Waals surface area contributed by atoms with Gasteiger partial charge in [0.15, 0.2) is 14.1 Å². The molecule has 1 aliphatic carbocycles. The van der Waals surface area contributed by atoms with Gasteiger partial charge in [0.2, 0.25) is 0 Å². The van der Waals surface area contributed by atoms with E-state index in [-0.39, 0.29) is 29.5 Å². The molecule has 4 nitrogen and oxygen atoms in total. The van der Waals surface area contributed by atoms with Crippen molar-refractivity contribution < 1.29 is 18.8 Å². The molecular formula is C18H30O4Si. The van der Waals surface area contributed by atoms with Gasteiger partial charge < -0.3 is 14.0 Å². The number of fused-ring (bicyclic) bond motifs is 2. The molecule has 2 fully saturated rings. The van der Waals surface area contributed by atoms with Gasteiger partial charge in [-0.2, -0.15) is 0 Å². The lowest BCUT2D eigenvalue weighted by Crippen LogP contribution is -2.61. The third-order valence-corrected chi connectivity index (χ3v) is 10.7. The van der Waals surface area contributed by atoms with Crippen molar-refractivity contribution in [3.05, 3.63) is 12.2 Å². The maximum Gasteiger partial charge on any atom is 0.192 e. The Balaban J connectivity index is 2.42. The Morgan fingerprint density at radius 1 is 1.43 bits per heavy atom. The molecule has 0 aromatic rings. The number of allylic oxidation sites excluding steroid dienone is 1. The second-order valence-electron chi connectivity index (χ2n) is 8.88. The number of ether oxygens (including phenoxy) is 1. The van der Waals surface area contributed by atoms with E-state index in [1.165, 1.54) is 0 Å². The highest BCUT2D eigenvalue weighted by atomic mass is 28.4. The highest BCUT2D eigenvalue weighted by Crippen LogP contribution is 2.53. The van der Waals surface area contributed by atoms with Crippen molar-refractivity contribution in [3.8, 4) is 0 Å². The first-order valence-corrected chi connectivity index (χ1v) is 11.2. The summed E-state index contributed by atoms with van der Waals surface area (Å²) in [4.78, 5) is 24.8. The largest absolute Gasteiger partial charge is 0.411 e. The fourth-order valence-corrected chi connectivity index (χ4v) is 4.90. The summed E-state index contributed by atoms with van der Waals surface area (Å²) in [5, 5.41) is 0.0446. The number of carbonyl (C=O) groups excluding carboxylic acids is 2. The van der Waals surface area contributed by atoms with Crippen LogP contribution in [0.25, 0.3) is 0 Å². The topological polar surface area (TPSA) is 52.6 Å². The van der Waals surface area contributed by atoms with Crippen LogP contribution >= 0.6 is 0 Å². The first kappa shape index (κ1) is 18.6. The van der Waals surface area contributed by atoms with Crippen LogP contribution in [0.1, 0.15) is 41.0 Å². The van der Waals surface area contributed by atoms with Gasteiger partial charge in [-0.1, -0.05) is 32.9 Å². The second-order valence-corrected chi connectivity index (χ2v) is 13.6. The number of Topliss-reactive ketones (excluding diaryl/α,β-unsaturated/α-hetero) is 1. The van der Waals surface area contributed by atoms with Crippen LogP contribution in [-0.4, -0.2) is 38.7 Å². The van der Waals surface area contributed by atoms with Crippen molar-refractivity contribution in [2.24, 2.45) is 11.3 Å². The van der Waals surface area contributed by atoms with Crippen molar-refractivity contribution in [1.82, 2.24) is 0 Å². The molecule has 0 radical (unpaired) electrons. The first-order valence-electron chi connectivity index (χ1n) is 8.30. The van der Waals surface area contributed by atoms with Crippen LogP contribution in [0.2, 0.25) is 18.1 Å². The number of aldehydes is 1. The normalized spacial score (nSPS) is 37.8. The van der Waals surface area contributed by atoms with Gasteiger partial charge in [0.05, 0.1) is 12.7 Å². The summed E-state index contributed by atoms with van der Waals surface area (Å²) < 4.78 is 12.5. The van der Waals surface area contributed by atoms with Crippen LogP contribution < -0.4 is 0 Å². The van der Waals surface area contributed by atoms with Crippen LogP contribution in [0.5, 0.6) is 0 Å². The van der Waals surface area contributed by atoms with Gasteiger partial charge in [-0.3, -0.25) is 4.79 Å². The van der Waals surface area contributed by atoms with Crippen LogP contribution in [0.3, 0.4) is 0 Å². The molecule has 4 atom stereocenters. The minimum absolute atomic E-state index is 0.0446. The van der Waals surface area contributed by atoms with Crippen LogP contribution in [-0.2, 0) is 18.8 Å². The molecule has 1 saturated carbocycles. The van der Waals surface area contributed by atoms with Gasteiger partial charge in [0.1, 0.15) is 17.3 Å². The predicted molar refractivity (Wildman–Crippen MR) is 92.9 cm³/mol. The molecule has 0 aromatic carbocycles. The maximum absolute atomic E-state index is 13.1. The molecule has 23 heavy (non-hydrogen) atoms. The molecule has 0 unspecified atom stereocenters. The minimum atomic E-state index is -2.06. The number of carbonyl (C=O) groups is 2. The SMILES string of the molecule is C=C(C)[C@H]1C[C@H](O[Si](C)(C)C(C)(C)C)[C@@]2(C)OC[C@]1(C=O)C2=O. The van der Waals surface area contributed by atoms with Crippen molar-refractivity contribution in [3.63, 3.8) is 0 Å². The summed E-state index contributed by atoms with van der Waals surface area (Å²) in [5.41, 5.74) is -1.25. The van der Waals surface area contributed by atoms with E-state index in [0.717, 1.165) is 11.9 Å². The zero-order valence-corrected chi connectivity index (χ0v) is 16.5. The average Bonchev–Trinajstić information content (AvgIpc) is 2.60. The summed E-state index contributed by atoms with van der Waals surface area (Å²) >= 11 is 0. The van der Waals surface area contributed by atoms with E-state index in [4.69, 9.17) is 9.16 Å². The van der Waals surface area contributed by atoms with Crippen molar-refractivity contribution >= 4 is 20.4 Å². The Hall–Kier alpha value is -0.783. The van der Waals surface area contributed by atoms with Gasteiger partial charge >= 0.3 is 0 Å². The molecule has 1 heterocycles. The van der Waals surface area contributed by atoms with Gasteiger partial charge in [-0.15, -0.1) is 0 Å². The third-order valence-electron chi connectivity index (χ3n) is 6.22. The average molecular weight is 339 g/mol. The molecule has 2 bridgehead atoms. The predicted octanol–water partition coefficient (Wildman–Crippen LogP) is 3.52. The Morgan fingerprint density at radius 2 is 2.00 bits per heavy atom. The van der Waals surface area contributed by atoms with E-state index in [0.29, 0.717) is 6.42 Å². The number of hydrogen-bond donors (Lipinski definition) is 0. The van der Waals surface area contributed by atoms with Gasteiger partial charge in [-0.25, -0.2) is 0 Å². The Kier molecular flexibility index (Phi) is 4.33. The molecule has 130 valence electrons. The standard InChI is InChI=1S/C18H30O4Si/c1-12(2)13-9-14(22-23(7,8)16(3,4)5)17(6)15(20)18(13,10-19)11-21-17/h10,13-14H,1,9,11H2,2-8H3/t13-,14+,17-,18+/m1/s1. The molecule has 2 rings (SSSR count). The highest BCUT2D eigenvalue weighted by Gasteiger charge is 2.67. The number of rotatable bonds is 4. The summed E-state index contributed by atoms with van der Waals surface area (Å²) in [6.07, 6.45) is 1.07. The van der Waals surface area contributed by atoms with Crippen molar-refractivity contribution in [1.29, 1.82) is 0 Å². The zero-order valence-electron chi connectivity index (χ0n) is 15.5. The molecule has 0 N–H and O–H groups in total. The maximum atomic E-state index is 13.1.